The normalized spacial score (nSPS) is 16.2. The van der Waals surface area contributed by atoms with Crippen molar-refractivity contribution in [3.8, 4) is 5.75 Å². The fourth-order valence-electron chi connectivity index (χ4n) is 8.41. The average molecular weight is 1130 g/mol. The highest BCUT2D eigenvalue weighted by Crippen LogP contribution is 2.21. The van der Waals surface area contributed by atoms with Gasteiger partial charge in [0.1, 0.15) is 54.1 Å². The molecule has 0 unspecified atom stereocenters. The van der Waals surface area contributed by atoms with Gasteiger partial charge in [-0.3, -0.25) is 47.9 Å². The zero-order chi connectivity index (χ0) is 57.6. The number of para-hydroxylation sites is 1. The number of H-pyrrole nitrogens is 1. The number of benzene rings is 2. The highest BCUT2D eigenvalue weighted by molar-refractivity contribution is 7.80. The molecule has 1 aliphatic rings. The minimum Gasteiger partial charge on any atom is -0.508 e. The number of hydrogen-bond acceptors (Lipinski definition) is 17. The minimum atomic E-state index is -1.77. The van der Waals surface area contributed by atoms with Crippen LogP contribution in [0.15, 0.2) is 54.7 Å². The van der Waals surface area contributed by atoms with Crippen molar-refractivity contribution in [1.29, 1.82) is 0 Å². The summed E-state index contributed by atoms with van der Waals surface area (Å²) < 4.78 is 0. The van der Waals surface area contributed by atoms with Gasteiger partial charge in [-0.2, -0.15) is 25.3 Å². The van der Waals surface area contributed by atoms with Crippen LogP contribution in [0.3, 0.4) is 0 Å². The molecule has 1 aromatic heterocycles. The topological polar surface area (TPSA) is 456 Å². The lowest BCUT2D eigenvalue weighted by molar-refractivity contribution is -0.141. The van der Waals surface area contributed by atoms with Gasteiger partial charge in [-0.05, 0) is 74.4 Å². The molecule has 29 heteroatoms. The van der Waals surface area contributed by atoms with Gasteiger partial charge in [-0.15, -0.1) is 0 Å². The molecular weight excluding hydrogens is 1060 g/mol. The number of aliphatic hydroxyl groups is 1. The Morgan fingerprint density at radius 3 is 1.79 bits per heavy atom. The van der Waals surface area contributed by atoms with Gasteiger partial charge < -0.3 is 85.4 Å². The van der Waals surface area contributed by atoms with Crippen molar-refractivity contribution < 1.29 is 68.1 Å². The Morgan fingerprint density at radius 1 is 0.667 bits per heavy atom. The monoisotopic (exact) mass is 1130 g/mol. The second-order valence-corrected chi connectivity index (χ2v) is 19.2. The summed E-state index contributed by atoms with van der Waals surface area (Å²) in [6.07, 6.45) is 0.465. The number of likely N-dealkylation sites (tertiary alicyclic amines) is 1. The van der Waals surface area contributed by atoms with Gasteiger partial charge in [0.05, 0.1) is 19.1 Å². The van der Waals surface area contributed by atoms with Crippen molar-refractivity contribution in [2.45, 2.75) is 119 Å². The van der Waals surface area contributed by atoms with Crippen LogP contribution in [0.2, 0.25) is 0 Å². The predicted octanol–water partition coefficient (Wildman–Crippen LogP) is -4.42. The first-order valence-corrected chi connectivity index (χ1v) is 26.2. The number of aromatic amines is 1. The fourth-order valence-corrected chi connectivity index (χ4v) is 8.81. The number of phenolic OH excluding ortho intramolecular Hbond substituents is 1. The molecule has 1 fully saturated rings. The van der Waals surface area contributed by atoms with Gasteiger partial charge in [-0.25, -0.2) is 4.79 Å². The number of fused-ring (bicyclic) bond motifs is 1. The predicted molar refractivity (Wildman–Crippen MR) is 288 cm³/mol. The van der Waals surface area contributed by atoms with Crippen molar-refractivity contribution in [1.82, 2.24) is 47.1 Å². The maximum atomic E-state index is 14.6. The van der Waals surface area contributed by atoms with Gasteiger partial charge in [0.15, 0.2) is 0 Å². The van der Waals surface area contributed by atoms with Gasteiger partial charge in [0.2, 0.25) is 59.1 Å². The summed E-state index contributed by atoms with van der Waals surface area (Å²) in [6.45, 7) is -0.681. The Hall–Kier alpha value is -7.47. The van der Waals surface area contributed by atoms with Crippen LogP contribution in [-0.2, 0) is 65.6 Å². The molecule has 78 heavy (non-hydrogen) atoms. The summed E-state index contributed by atoms with van der Waals surface area (Å²) >= 11 is 8.03. The molecule has 0 saturated carbocycles. The maximum absolute atomic E-state index is 14.6. The second kappa shape index (κ2) is 31.1. The number of phenols is 1. The number of carbonyl (C=O) groups is 11. The molecule has 0 spiro atoms. The van der Waals surface area contributed by atoms with Gasteiger partial charge in [0.25, 0.3) is 0 Å². The van der Waals surface area contributed by atoms with Crippen LogP contribution < -0.4 is 60.2 Å². The van der Waals surface area contributed by atoms with Crippen molar-refractivity contribution in [3.05, 3.63) is 65.9 Å². The van der Waals surface area contributed by atoms with E-state index in [1.807, 2.05) is 0 Å². The number of hydrogen-bond donors (Lipinski definition) is 17. The van der Waals surface area contributed by atoms with Crippen LogP contribution in [0.4, 0.5) is 0 Å². The van der Waals surface area contributed by atoms with Gasteiger partial charge >= 0.3 is 5.97 Å². The molecule has 10 amide bonds. The molecule has 426 valence electrons. The summed E-state index contributed by atoms with van der Waals surface area (Å²) in [5, 5.41) is 47.5. The first-order chi connectivity index (χ1) is 37.1. The fraction of sp³-hybridized carbons (Fsp3) is 0.490. The maximum Gasteiger partial charge on any atom is 0.327 e. The molecular formula is C49H69N13O14S2. The van der Waals surface area contributed by atoms with Gasteiger partial charge in [-0.1, -0.05) is 30.3 Å². The lowest BCUT2D eigenvalue weighted by Crippen LogP contribution is -2.61. The van der Waals surface area contributed by atoms with Crippen molar-refractivity contribution in [3.63, 3.8) is 0 Å². The zero-order valence-electron chi connectivity index (χ0n) is 42.5. The number of nitrogens with two attached hydrogens (primary N) is 4. The lowest BCUT2D eigenvalue weighted by atomic mass is 10.0. The molecule has 0 radical (unpaired) electrons. The van der Waals surface area contributed by atoms with Crippen LogP contribution in [0, 0.1) is 0 Å². The molecule has 9 atom stereocenters. The highest BCUT2D eigenvalue weighted by atomic mass is 32.1. The van der Waals surface area contributed by atoms with E-state index in [0.717, 1.165) is 0 Å². The second-order valence-electron chi connectivity index (χ2n) is 18.5. The number of thiol groups is 2. The van der Waals surface area contributed by atoms with E-state index in [1.165, 1.54) is 29.2 Å². The van der Waals surface area contributed by atoms with Crippen LogP contribution >= 0.6 is 25.3 Å². The number of unbranched alkanes of at least 4 members (excludes halogenated alkanes) is 1. The van der Waals surface area contributed by atoms with Crippen LogP contribution in [0.5, 0.6) is 5.75 Å². The summed E-state index contributed by atoms with van der Waals surface area (Å²) in [6, 6.07) is -0.756. The number of carboxylic acid groups (broad SMARTS) is 1. The van der Waals surface area contributed by atoms with E-state index in [0.29, 0.717) is 34.9 Å². The molecule has 19 N–H and O–H groups in total. The number of aliphatic hydroxyl groups excluding tert-OH is 1. The summed E-state index contributed by atoms with van der Waals surface area (Å²) in [4.78, 5) is 151. The Kier molecular flexibility index (Phi) is 25.1. The quantitative estimate of drug-likeness (QED) is 0.0207. The first-order valence-electron chi connectivity index (χ1n) is 24.9. The largest absolute Gasteiger partial charge is 0.508 e. The molecule has 4 rings (SSSR count). The SMILES string of the molecule is NCCCC[C@H](NC(=O)[C@H](Cc1c[nH]c2ccccc12)NC(=O)[C@H](CCC(N)=O)NC(=O)[C@H](CC(N)=O)NC(=O)[C@@H]1CCCN1C(=O)[C@H](N)CS)C(=O)N[C@@H](CO)C(=O)N[C@@H](Cc1ccc(O)cc1)C(=O)N[C@@H](CS)C(=O)O. The standard InChI is InChI=1S/C49H69N13O14S2/c50-16-4-3-8-31(41(67)60-36(22-63)46(72)57-33(18-25-10-12-27(64)13-11-25)43(69)61-37(24-78)49(75)76)55-44(70)34(19-26-21-54-30-7-2-1-6-28(26)30)58-42(68)32(14-15-39(52)65)56-45(71)35(20-40(53)66)59-47(73)38-9-5-17-62(38)48(74)29(51)23-77/h1-2,6-7,10-13,21,29,31-38,54,63-64,77-78H,3-5,8-9,14-20,22-24,50-51H2,(H2,52,65)(H2,53,66)(H,55,70)(H,56,71)(H,57,72)(H,58,68)(H,59,73)(H,60,67)(H,61,69)(H,75,76)/t29-,31+,32+,33+,34+,35+,36+,37+,38+/m1/s1. The Balaban J connectivity index is 1.62. The van der Waals surface area contributed by atoms with Crippen LogP contribution in [0.25, 0.3) is 10.9 Å². The number of amides is 10. The number of aromatic hydroxyl groups is 1. The number of carbonyl (C=O) groups excluding carboxylic acids is 10. The molecule has 2 heterocycles. The van der Waals surface area contributed by atoms with Crippen molar-refractivity contribution in [2.24, 2.45) is 22.9 Å². The van der Waals surface area contributed by atoms with Gasteiger partial charge in [0, 0.05) is 54.4 Å². The summed E-state index contributed by atoms with van der Waals surface area (Å²) in [5.74, 6) is -11.3. The Morgan fingerprint density at radius 2 is 1.22 bits per heavy atom. The number of primary amides is 2. The molecule has 1 aliphatic heterocycles. The zero-order valence-corrected chi connectivity index (χ0v) is 44.3. The average Bonchev–Trinajstić information content (AvgIpc) is 4.08. The third kappa shape index (κ3) is 18.9. The Bertz CT molecular complexity index is 2620. The number of aliphatic carboxylic acids is 1. The van der Waals surface area contributed by atoms with Crippen molar-refractivity contribution >= 4 is 101 Å². The smallest absolute Gasteiger partial charge is 0.327 e. The summed E-state index contributed by atoms with van der Waals surface area (Å²) in [5.41, 5.74) is 24.1. The van der Waals surface area contributed by atoms with E-state index in [1.54, 1.807) is 30.5 Å². The number of nitrogens with one attached hydrogen (secondary N) is 8. The van der Waals surface area contributed by atoms with Crippen molar-refractivity contribution in [2.75, 3.05) is 31.2 Å². The number of nitrogens with zero attached hydrogens (tertiary/aromatic N) is 1. The molecule has 0 aliphatic carbocycles. The third-order valence-electron chi connectivity index (χ3n) is 12.6. The molecule has 27 nitrogen and oxygen atoms in total. The first kappa shape index (κ1) is 63.1. The number of rotatable bonds is 32. The van der Waals surface area contributed by atoms with E-state index in [9.17, 15) is 68.1 Å². The number of carboxylic acids is 1. The van der Waals surface area contributed by atoms with E-state index in [4.69, 9.17) is 22.9 Å². The van der Waals surface area contributed by atoms with Crippen LogP contribution in [0.1, 0.15) is 62.5 Å². The van der Waals surface area contributed by atoms with E-state index < -0.39 is 145 Å². The molecule has 2 aromatic carbocycles. The van der Waals surface area contributed by atoms with Crippen LogP contribution in [-0.4, -0.2) is 176 Å². The number of aromatic nitrogens is 1. The highest BCUT2D eigenvalue weighted by Gasteiger charge is 2.39. The van der Waals surface area contributed by atoms with E-state index in [-0.39, 0.29) is 62.4 Å². The Labute approximate surface area is 459 Å². The third-order valence-corrected chi connectivity index (χ3v) is 13.4. The molecule has 1 saturated heterocycles. The van der Waals surface area contributed by atoms with E-state index >= 15 is 0 Å². The summed E-state index contributed by atoms with van der Waals surface area (Å²) in [7, 11) is 0. The lowest BCUT2D eigenvalue weighted by Gasteiger charge is -2.29. The minimum absolute atomic E-state index is 0.0149. The van der Waals surface area contributed by atoms with E-state index in [2.05, 4.69) is 67.5 Å². The molecule has 3 aromatic rings. The molecule has 0 bridgehead atoms.